The Balaban J connectivity index is 2.08. The number of benzene rings is 1. The monoisotopic (exact) mass is 234 g/mol. The van der Waals surface area contributed by atoms with Crippen molar-refractivity contribution in [3.05, 3.63) is 35.0 Å². The molecule has 1 saturated carbocycles. The lowest BCUT2D eigenvalue weighted by Gasteiger charge is -2.01. The van der Waals surface area contributed by atoms with E-state index in [0.717, 1.165) is 29.6 Å². The van der Waals surface area contributed by atoms with E-state index >= 15 is 0 Å². The molecule has 3 rings (SSSR count). The van der Waals surface area contributed by atoms with Gasteiger partial charge in [0.15, 0.2) is 0 Å². The fraction of sp³-hybridized carbons (Fsp3) is 0.308. The molecule has 1 aromatic heterocycles. The van der Waals surface area contributed by atoms with E-state index in [1.165, 1.54) is 0 Å². The Morgan fingerprint density at radius 3 is 2.94 bits per heavy atom. The van der Waals surface area contributed by atoms with Crippen LogP contribution in [-0.2, 0) is 4.79 Å². The molecule has 2 aromatic rings. The highest BCUT2D eigenvalue weighted by Crippen LogP contribution is 2.35. The van der Waals surface area contributed by atoms with E-state index in [2.05, 4.69) is 0 Å². The molecule has 1 aliphatic rings. The number of Topliss-reactive ketones (excluding diaryl/α,β-unsaturated/α-hetero) is 1. The fourth-order valence-electron chi connectivity index (χ4n) is 2.32. The third-order valence-electron chi connectivity index (χ3n) is 3.15. The maximum atomic E-state index is 11.6. The summed E-state index contributed by atoms with van der Waals surface area (Å²) in [4.78, 5) is 11.6. The van der Waals surface area contributed by atoms with Crippen molar-refractivity contribution in [2.24, 2.45) is 0 Å². The number of carbonyl (C=O) groups excluding carboxylic acids is 1. The van der Waals surface area contributed by atoms with Crippen LogP contribution >= 0.6 is 11.6 Å². The molecule has 0 amide bonds. The zero-order valence-electron chi connectivity index (χ0n) is 8.70. The van der Waals surface area contributed by atoms with Crippen LogP contribution in [0.5, 0.6) is 0 Å². The number of hydrogen-bond donors (Lipinski definition) is 0. The van der Waals surface area contributed by atoms with Gasteiger partial charge in [0.25, 0.3) is 0 Å². The molecule has 0 bridgehead atoms. The van der Waals surface area contributed by atoms with Crippen molar-refractivity contribution in [1.29, 1.82) is 0 Å². The summed E-state index contributed by atoms with van der Waals surface area (Å²) >= 11 is 5.91. The zero-order chi connectivity index (χ0) is 11.1. The van der Waals surface area contributed by atoms with Crippen LogP contribution in [0.4, 0.5) is 0 Å². The first-order valence-electron chi connectivity index (χ1n) is 5.46. The molecule has 1 atom stereocenters. The summed E-state index contributed by atoms with van der Waals surface area (Å²) in [6.07, 6.45) is 2.57. The minimum atomic E-state index is -0.0359. The van der Waals surface area contributed by atoms with Crippen molar-refractivity contribution < 1.29 is 9.21 Å². The van der Waals surface area contributed by atoms with E-state index in [1.807, 2.05) is 18.2 Å². The SMILES string of the molecule is O=C1CCCC1c1cc2cc(Cl)ccc2o1. The van der Waals surface area contributed by atoms with Gasteiger partial charge in [-0.25, -0.2) is 0 Å². The number of rotatable bonds is 1. The summed E-state index contributed by atoms with van der Waals surface area (Å²) in [5.41, 5.74) is 0.805. The highest BCUT2D eigenvalue weighted by atomic mass is 35.5. The maximum absolute atomic E-state index is 11.6. The fourth-order valence-corrected chi connectivity index (χ4v) is 2.50. The third-order valence-corrected chi connectivity index (χ3v) is 3.38. The molecule has 2 nitrogen and oxygen atoms in total. The minimum absolute atomic E-state index is 0.0359. The van der Waals surface area contributed by atoms with Crippen LogP contribution in [0, 0.1) is 0 Å². The second kappa shape index (κ2) is 3.63. The van der Waals surface area contributed by atoms with Crippen molar-refractivity contribution >= 4 is 28.4 Å². The lowest BCUT2D eigenvalue weighted by Crippen LogP contribution is -2.02. The lowest BCUT2D eigenvalue weighted by molar-refractivity contribution is -0.118. The second-order valence-electron chi connectivity index (χ2n) is 4.24. The van der Waals surface area contributed by atoms with Gasteiger partial charge in [0.1, 0.15) is 17.1 Å². The smallest absolute Gasteiger partial charge is 0.143 e. The predicted octanol–water partition coefficient (Wildman–Crippen LogP) is 3.92. The molecule has 0 N–H and O–H groups in total. The predicted molar refractivity (Wildman–Crippen MR) is 62.8 cm³/mol. The molecule has 0 radical (unpaired) electrons. The van der Waals surface area contributed by atoms with Crippen molar-refractivity contribution in [3.8, 4) is 0 Å². The summed E-state index contributed by atoms with van der Waals surface area (Å²) in [6, 6.07) is 7.45. The van der Waals surface area contributed by atoms with E-state index in [-0.39, 0.29) is 5.92 Å². The molecular weight excluding hydrogens is 224 g/mol. The van der Waals surface area contributed by atoms with Crippen LogP contribution in [0.3, 0.4) is 0 Å². The van der Waals surface area contributed by atoms with Crippen molar-refractivity contribution in [2.75, 3.05) is 0 Å². The number of furan rings is 1. The van der Waals surface area contributed by atoms with Crippen LogP contribution in [0.2, 0.25) is 5.02 Å². The zero-order valence-corrected chi connectivity index (χ0v) is 9.46. The van der Waals surface area contributed by atoms with Gasteiger partial charge in [-0.15, -0.1) is 0 Å². The van der Waals surface area contributed by atoms with Gasteiger partial charge in [0.2, 0.25) is 0 Å². The van der Waals surface area contributed by atoms with Crippen molar-refractivity contribution in [3.63, 3.8) is 0 Å². The van der Waals surface area contributed by atoms with E-state index < -0.39 is 0 Å². The van der Waals surface area contributed by atoms with Gasteiger partial charge < -0.3 is 4.42 Å². The average molecular weight is 235 g/mol. The molecule has 0 spiro atoms. The Kier molecular flexibility index (Phi) is 2.25. The van der Waals surface area contributed by atoms with Crippen LogP contribution in [-0.4, -0.2) is 5.78 Å². The minimum Gasteiger partial charge on any atom is -0.460 e. The number of ketones is 1. The normalized spacial score (nSPS) is 20.8. The Morgan fingerprint density at radius 1 is 1.31 bits per heavy atom. The lowest BCUT2D eigenvalue weighted by atomic mass is 10.0. The van der Waals surface area contributed by atoms with E-state index in [0.29, 0.717) is 17.2 Å². The third kappa shape index (κ3) is 1.54. The van der Waals surface area contributed by atoms with Gasteiger partial charge in [-0.3, -0.25) is 4.79 Å². The average Bonchev–Trinajstić information content (AvgIpc) is 2.82. The Hall–Kier alpha value is -1.28. The summed E-state index contributed by atoms with van der Waals surface area (Å²) in [6.45, 7) is 0. The van der Waals surface area contributed by atoms with E-state index in [9.17, 15) is 4.79 Å². The molecule has 1 fully saturated rings. The van der Waals surface area contributed by atoms with Gasteiger partial charge in [-0.2, -0.15) is 0 Å². The van der Waals surface area contributed by atoms with E-state index in [4.69, 9.17) is 16.0 Å². The maximum Gasteiger partial charge on any atom is 0.143 e. The molecule has 1 aliphatic carbocycles. The number of fused-ring (bicyclic) bond motifs is 1. The van der Waals surface area contributed by atoms with Gasteiger partial charge >= 0.3 is 0 Å². The van der Waals surface area contributed by atoms with Gasteiger partial charge in [0, 0.05) is 16.8 Å². The first-order valence-corrected chi connectivity index (χ1v) is 5.83. The quantitative estimate of drug-likeness (QED) is 0.749. The number of hydrogen-bond acceptors (Lipinski definition) is 2. The molecule has 82 valence electrons. The summed E-state index contributed by atoms with van der Waals surface area (Å²) < 4.78 is 5.70. The van der Waals surface area contributed by atoms with Crippen LogP contribution < -0.4 is 0 Å². The molecular formula is C13H11ClO2. The molecule has 0 saturated heterocycles. The van der Waals surface area contributed by atoms with Crippen LogP contribution in [0.1, 0.15) is 30.9 Å². The standard InChI is InChI=1S/C13H11ClO2/c14-9-4-5-12-8(6-9)7-13(16-12)10-2-1-3-11(10)15/h4-7,10H,1-3H2. The second-order valence-corrected chi connectivity index (χ2v) is 4.68. The van der Waals surface area contributed by atoms with Crippen LogP contribution in [0.15, 0.2) is 28.7 Å². The first-order chi connectivity index (χ1) is 7.74. The Bertz CT molecular complexity index is 556. The number of halogens is 1. The molecule has 16 heavy (non-hydrogen) atoms. The summed E-state index contributed by atoms with van der Waals surface area (Å²) in [7, 11) is 0. The van der Waals surface area contributed by atoms with E-state index in [1.54, 1.807) is 6.07 Å². The Morgan fingerprint density at radius 2 is 2.19 bits per heavy atom. The molecule has 1 aromatic carbocycles. The highest BCUT2D eigenvalue weighted by Gasteiger charge is 2.28. The van der Waals surface area contributed by atoms with Crippen molar-refractivity contribution in [2.45, 2.75) is 25.2 Å². The highest BCUT2D eigenvalue weighted by molar-refractivity contribution is 6.31. The van der Waals surface area contributed by atoms with Gasteiger partial charge in [-0.1, -0.05) is 11.6 Å². The molecule has 1 heterocycles. The van der Waals surface area contributed by atoms with Crippen LogP contribution in [0.25, 0.3) is 11.0 Å². The topological polar surface area (TPSA) is 30.2 Å². The first kappa shape index (κ1) is 9.91. The molecule has 0 aliphatic heterocycles. The Labute approximate surface area is 98.2 Å². The molecule has 3 heteroatoms. The van der Waals surface area contributed by atoms with Gasteiger partial charge in [-0.05, 0) is 37.1 Å². The largest absolute Gasteiger partial charge is 0.460 e. The molecule has 1 unspecified atom stereocenters. The summed E-state index contributed by atoms with van der Waals surface area (Å²) in [5.74, 6) is 1.05. The van der Waals surface area contributed by atoms with Gasteiger partial charge in [0.05, 0.1) is 5.92 Å². The number of carbonyl (C=O) groups is 1. The van der Waals surface area contributed by atoms with Crippen molar-refractivity contribution in [1.82, 2.24) is 0 Å². The summed E-state index contributed by atoms with van der Waals surface area (Å²) in [5, 5.41) is 1.67.